The molecule has 2 rings (SSSR count). The van der Waals surface area contributed by atoms with Gasteiger partial charge in [0.1, 0.15) is 0 Å². The Bertz CT molecular complexity index is 517. The molecular formula is C13H16N4S. The lowest BCUT2D eigenvalue weighted by Gasteiger charge is -2.06. The Morgan fingerprint density at radius 2 is 1.83 bits per heavy atom. The molecule has 0 aliphatic heterocycles. The molecule has 94 valence electrons. The monoisotopic (exact) mass is 260 g/mol. The maximum atomic E-state index is 5.76. The van der Waals surface area contributed by atoms with Gasteiger partial charge in [-0.1, -0.05) is 0 Å². The summed E-state index contributed by atoms with van der Waals surface area (Å²) in [6.45, 7) is 5.86. The summed E-state index contributed by atoms with van der Waals surface area (Å²) in [6.07, 6.45) is 1.81. The molecule has 0 amide bonds. The van der Waals surface area contributed by atoms with Crippen LogP contribution in [0.5, 0.6) is 0 Å². The fraction of sp³-hybridized carbons (Fsp3) is 0.308. The molecule has 0 unspecified atom stereocenters. The minimum absolute atomic E-state index is 0.0403. The van der Waals surface area contributed by atoms with Crippen LogP contribution in [0.25, 0.3) is 0 Å². The Balaban J connectivity index is 2.18. The van der Waals surface area contributed by atoms with Crippen LogP contribution in [0.15, 0.2) is 34.4 Å². The topological polar surface area (TPSA) is 64.7 Å². The van der Waals surface area contributed by atoms with Crippen molar-refractivity contribution in [3.63, 3.8) is 0 Å². The summed E-state index contributed by atoms with van der Waals surface area (Å²) in [4.78, 5) is 14.1. The van der Waals surface area contributed by atoms with Gasteiger partial charge in [0.25, 0.3) is 0 Å². The molecule has 18 heavy (non-hydrogen) atoms. The molecule has 1 atom stereocenters. The fourth-order valence-electron chi connectivity index (χ4n) is 1.57. The van der Waals surface area contributed by atoms with E-state index in [1.54, 1.807) is 0 Å². The van der Waals surface area contributed by atoms with E-state index in [0.717, 1.165) is 27.1 Å². The molecule has 0 spiro atoms. The Hall–Kier alpha value is -1.46. The highest BCUT2D eigenvalue weighted by atomic mass is 32.2. The van der Waals surface area contributed by atoms with Crippen molar-refractivity contribution in [2.75, 3.05) is 0 Å². The van der Waals surface area contributed by atoms with E-state index >= 15 is 0 Å². The molecule has 0 aliphatic rings. The molecule has 0 radical (unpaired) electrons. The molecule has 0 aliphatic carbocycles. The molecular weight excluding hydrogens is 244 g/mol. The van der Waals surface area contributed by atoms with Crippen molar-refractivity contribution < 1.29 is 0 Å². The molecule has 2 N–H and O–H groups in total. The van der Waals surface area contributed by atoms with Gasteiger partial charge in [-0.3, -0.25) is 4.98 Å². The first kappa shape index (κ1) is 13.0. The summed E-state index contributed by atoms with van der Waals surface area (Å²) in [6, 6.07) is 5.86. The lowest BCUT2D eigenvalue weighted by molar-refractivity contribution is 0.777. The molecule has 2 aromatic rings. The molecule has 4 nitrogen and oxygen atoms in total. The second kappa shape index (κ2) is 5.46. The minimum Gasteiger partial charge on any atom is -0.323 e. The third-order valence-electron chi connectivity index (χ3n) is 2.40. The standard InChI is InChI=1S/C13H16N4S/c1-8-6-9(2)17-13(16-8)18-11-4-5-12(10(3)14)15-7-11/h4-7,10H,14H2,1-3H3/t10-/m1/s1. The highest BCUT2D eigenvalue weighted by Crippen LogP contribution is 2.24. The van der Waals surface area contributed by atoms with E-state index in [4.69, 9.17) is 5.73 Å². The van der Waals surface area contributed by atoms with Crippen molar-refractivity contribution in [2.45, 2.75) is 36.9 Å². The third kappa shape index (κ3) is 3.27. The summed E-state index contributed by atoms with van der Waals surface area (Å²) >= 11 is 1.51. The average molecular weight is 260 g/mol. The van der Waals surface area contributed by atoms with Crippen LogP contribution >= 0.6 is 11.8 Å². The first-order chi connectivity index (χ1) is 8.54. The van der Waals surface area contributed by atoms with Crippen LogP contribution < -0.4 is 5.73 Å². The van der Waals surface area contributed by atoms with Gasteiger partial charge in [-0.2, -0.15) is 0 Å². The number of pyridine rings is 1. The van der Waals surface area contributed by atoms with Gasteiger partial charge in [-0.05, 0) is 50.7 Å². The highest BCUT2D eigenvalue weighted by Gasteiger charge is 2.05. The van der Waals surface area contributed by atoms with E-state index in [1.807, 2.05) is 45.2 Å². The third-order valence-corrected chi connectivity index (χ3v) is 3.24. The van der Waals surface area contributed by atoms with Crippen LogP contribution in [0.4, 0.5) is 0 Å². The number of nitrogens with two attached hydrogens (primary N) is 1. The van der Waals surface area contributed by atoms with Gasteiger partial charge in [0.15, 0.2) is 5.16 Å². The zero-order valence-corrected chi connectivity index (χ0v) is 11.5. The predicted octanol–water partition coefficient (Wildman–Crippen LogP) is 2.66. The van der Waals surface area contributed by atoms with Crippen LogP contribution in [0.1, 0.15) is 30.0 Å². The number of hydrogen-bond donors (Lipinski definition) is 1. The van der Waals surface area contributed by atoms with Crippen LogP contribution in [0.3, 0.4) is 0 Å². The van der Waals surface area contributed by atoms with Crippen molar-refractivity contribution in [3.8, 4) is 0 Å². The summed E-state index contributed by atoms with van der Waals surface area (Å²) in [5.41, 5.74) is 8.61. The largest absolute Gasteiger partial charge is 0.323 e. The maximum absolute atomic E-state index is 5.76. The Kier molecular flexibility index (Phi) is 3.93. The lowest BCUT2D eigenvalue weighted by atomic mass is 10.2. The number of aromatic nitrogens is 3. The maximum Gasteiger partial charge on any atom is 0.192 e. The summed E-state index contributed by atoms with van der Waals surface area (Å²) in [5, 5.41) is 0.753. The zero-order valence-electron chi connectivity index (χ0n) is 10.7. The van der Waals surface area contributed by atoms with Gasteiger partial charge in [0.05, 0.1) is 5.69 Å². The van der Waals surface area contributed by atoms with Gasteiger partial charge >= 0.3 is 0 Å². The zero-order chi connectivity index (χ0) is 13.1. The molecule has 0 bridgehead atoms. The Morgan fingerprint density at radius 1 is 1.17 bits per heavy atom. The van der Waals surface area contributed by atoms with E-state index in [9.17, 15) is 0 Å². The summed E-state index contributed by atoms with van der Waals surface area (Å²) in [7, 11) is 0. The molecule has 2 heterocycles. The Morgan fingerprint density at radius 3 is 2.33 bits per heavy atom. The molecule has 5 heteroatoms. The van der Waals surface area contributed by atoms with E-state index < -0.39 is 0 Å². The normalized spacial score (nSPS) is 12.4. The van der Waals surface area contributed by atoms with Gasteiger partial charge < -0.3 is 5.73 Å². The van der Waals surface area contributed by atoms with E-state index in [1.165, 1.54) is 11.8 Å². The van der Waals surface area contributed by atoms with Gasteiger partial charge in [0.2, 0.25) is 0 Å². The van der Waals surface area contributed by atoms with Crippen molar-refractivity contribution in [2.24, 2.45) is 5.73 Å². The molecule has 0 saturated heterocycles. The smallest absolute Gasteiger partial charge is 0.192 e. The molecule has 0 aromatic carbocycles. The van der Waals surface area contributed by atoms with E-state index in [-0.39, 0.29) is 6.04 Å². The predicted molar refractivity (Wildman–Crippen MR) is 72.5 cm³/mol. The van der Waals surface area contributed by atoms with Gasteiger partial charge in [-0.25, -0.2) is 9.97 Å². The second-order valence-electron chi connectivity index (χ2n) is 4.24. The SMILES string of the molecule is Cc1cc(C)nc(Sc2ccc([C@@H](C)N)nc2)n1. The van der Waals surface area contributed by atoms with Crippen LogP contribution in [-0.4, -0.2) is 15.0 Å². The van der Waals surface area contributed by atoms with E-state index in [0.29, 0.717) is 0 Å². The van der Waals surface area contributed by atoms with Crippen LogP contribution in [0, 0.1) is 13.8 Å². The number of nitrogens with zero attached hydrogens (tertiary/aromatic N) is 3. The highest BCUT2D eigenvalue weighted by molar-refractivity contribution is 7.99. The number of rotatable bonds is 3. The van der Waals surface area contributed by atoms with Crippen molar-refractivity contribution in [3.05, 3.63) is 41.5 Å². The van der Waals surface area contributed by atoms with Crippen LogP contribution in [-0.2, 0) is 0 Å². The second-order valence-corrected chi connectivity index (χ2v) is 5.28. The minimum atomic E-state index is -0.0403. The van der Waals surface area contributed by atoms with Crippen molar-refractivity contribution >= 4 is 11.8 Å². The Labute approximate surface area is 111 Å². The van der Waals surface area contributed by atoms with Gasteiger partial charge in [0, 0.05) is 28.5 Å². The lowest BCUT2D eigenvalue weighted by Crippen LogP contribution is -2.06. The van der Waals surface area contributed by atoms with Crippen molar-refractivity contribution in [1.29, 1.82) is 0 Å². The summed E-state index contributed by atoms with van der Waals surface area (Å²) < 4.78 is 0. The fourth-order valence-corrected chi connectivity index (χ4v) is 2.40. The molecule has 0 fully saturated rings. The molecule has 0 saturated carbocycles. The first-order valence-corrected chi connectivity index (χ1v) is 6.58. The first-order valence-electron chi connectivity index (χ1n) is 5.76. The summed E-state index contributed by atoms with van der Waals surface area (Å²) in [5.74, 6) is 0. The number of aryl methyl sites for hydroxylation is 2. The van der Waals surface area contributed by atoms with E-state index in [2.05, 4.69) is 15.0 Å². The van der Waals surface area contributed by atoms with Crippen LogP contribution in [0.2, 0.25) is 0 Å². The molecule has 2 aromatic heterocycles. The quantitative estimate of drug-likeness (QED) is 0.859. The number of hydrogen-bond acceptors (Lipinski definition) is 5. The van der Waals surface area contributed by atoms with Crippen molar-refractivity contribution in [1.82, 2.24) is 15.0 Å². The van der Waals surface area contributed by atoms with Gasteiger partial charge in [-0.15, -0.1) is 0 Å². The average Bonchev–Trinajstić information content (AvgIpc) is 2.28.